The van der Waals surface area contributed by atoms with E-state index in [4.69, 9.17) is 4.52 Å². The molecule has 0 aliphatic heterocycles. The first-order valence-electron chi connectivity index (χ1n) is 5.87. The van der Waals surface area contributed by atoms with Crippen LogP contribution in [0.2, 0.25) is 0 Å². The molecule has 0 spiro atoms. The van der Waals surface area contributed by atoms with Gasteiger partial charge in [-0.05, 0) is 41.0 Å². The lowest BCUT2D eigenvalue weighted by molar-refractivity contribution is 0.390. The fourth-order valence-electron chi connectivity index (χ4n) is 1.52. The van der Waals surface area contributed by atoms with Gasteiger partial charge in [0.25, 0.3) is 0 Å². The lowest BCUT2D eigenvalue weighted by Crippen LogP contribution is -1.81. The summed E-state index contributed by atoms with van der Waals surface area (Å²) in [6, 6.07) is 0. The molecule has 94 valence electrons. The number of imidazole rings is 1. The molecule has 2 rings (SSSR count). The van der Waals surface area contributed by atoms with Gasteiger partial charge in [-0.3, -0.25) is 0 Å². The van der Waals surface area contributed by atoms with Gasteiger partial charge in [-0.15, -0.1) is 0 Å². The molecule has 4 heteroatoms. The van der Waals surface area contributed by atoms with Crippen LogP contribution in [0.25, 0.3) is 0 Å². The van der Waals surface area contributed by atoms with E-state index in [1.165, 1.54) is 11.3 Å². The summed E-state index contributed by atoms with van der Waals surface area (Å²) in [5.41, 5.74) is 4.54. The maximum Gasteiger partial charge on any atom is 0.136 e. The molecule has 17 heavy (non-hydrogen) atoms. The van der Waals surface area contributed by atoms with E-state index in [2.05, 4.69) is 22.0 Å². The predicted octanol–water partition coefficient (Wildman–Crippen LogP) is 3.19. The summed E-state index contributed by atoms with van der Waals surface area (Å²) in [5.74, 6) is 1.94. The molecule has 0 atom stereocenters. The highest BCUT2D eigenvalue weighted by molar-refractivity contribution is 5.19. The summed E-state index contributed by atoms with van der Waals surface area (Å²) in [4.78, 5) is 7.25. The van der Waals surface area contributed by atoms with Crippen molar-refractivity contribution in [3.8, 4) is 0 Å². The van der Waals surface area contributed by atoms with Gasteiger partial charge in [-0.1, -0.05) is 12.1 Å². The van der Waals surface area contributed by atoms with E-state index >= 15 is 0 Å². The molecular weight excluding hydrogens is 214 g/mol. The molecule has 0 aromatic carbocycles. The van der Waals surface area contributed by atoms with Crippen molar-refractivity contribution in [3.63, 3.8) is 0 Å². The number of aromatic nitrogens is 3. The summed E-state index contributed by atoms with van der Waals surface area (Å²) < 4.78 is 4.94. The Morgan fingerprint density at radius 2 is 1.76 bits per heavy atom. The number of H-pyrrole nitrogens is 1. The second-order valence-electron chi connectivity index (χ2n) is 4.20. The maximum atomic E-state index is 4.94. The SMILES string of the molecule is CCc1noc(C)c1C.Cc1nc(C)c(C)[nH]1. The molecule has 0 fully saturated rings. The molecule has 2 aromatic rings. The van der Waals surface area contributed by atoms with Crippen molar-refractivity contribution in [3.05, 3.63) is 34.2 Å². The normalized spacial score (nSPS) is 10.0. The Hall–Kier alpha value is -1.58. The molecule has 0 saturated heterocycles. The molecule has 0 aliphatic carbocycles. The average Bonchev–Trinajstić information content (AvgIpc) is 2.73. The highest BCUT2D eigenvalue weighted by Gasteiger charge is 2.03. The zero-order valence-corrected chi connectivity index (χ0v) is 11.5. The number of aryl methyl sites for hydroxylation is 5. The van der Waals surface area contributed by atoms with Crippen LogP contribution in [0.4, 0.5) is 0 Å². The number of rotatable bonds is 1. The second-order valence-corrected chi connectivity index (χ2v) is 4.20. The van der Waals surface area contributed by atoms with Crippen molar-refractivity contribution in [1.82, 2.24) is 15.1 Å². The van der Waals surface area contributed by atoms with Crippen molar-refractivity contribution in [2.75, 3.05) is 0 Å². The van der Waals surface area contributed by atoms with Gasteiger partial charge in [0.1, 0.15) is 11.6 Å². The molecular formula is C13H21N3O. The van der Waals surface area contributed by atoms with Crippen LogP contribution in [0.15, 0.2) is 4.52 Å². The van der Waals surface area contributed by atoms with Crippen LogP contribution in [-0.2, 0) is 6.42 Å². The van der Waals surface area contributed by atoms with Gasteiger partial charge >= 0.3 is 0 Å². The molecule has 0 bridgehead atoms. The lowest BCUT2D eigenvalue weighted by atomic mass is 10.2. The Kier molecular flexibility index (Phi) is 4.49. The number of nitrogens with one attached hydrogen (secondary N) is 1. The van der Waals surface area contributed by atoms with Gasteiger partial charge in [0.15, 0.2) is 0 Å². The van der Waals surface area contributed by atoms with Crippen LogP contribution in [0, 0.1) is 34.6 Å². The van der Waals surface area contributed by atoms with Gasteiger partial charge in [-0.2, -0.15) is 0 Å². The lowest BCUT2D eigenvalue weighted by Gasteiger charge is -1.85. The summed E-state index contributed by atoms with van der Waals surface area (Å²) in [7, 11) is 0. The fraction of sp³-hybridized carbons (Fsp3) is 0.538. The summed E-state index contributed by atoms with van der Waals surface area (Å²) in [6.45, 7) is 12.0. The Labute approximate surface area is 102 Å². The molecule has 0 amide bonds. The third kappa shape index (κ3) is 3.44. The highest BCUT2D eigenvalue weighted by atomic mass is 16.5. The summed E-state index contributed by atoms with van der Waals surface area (Å²) in [6.07, 6.45) is 0.961. The van der Waals surface area contributed by atoms with Crippen molar-refractivity contribution in [2.45, 2.75) is 48.0 Å². The first-order valence-corrected chi connectivity index (χ1v) is 5.87. The third-order valence-electron chi connectivity index (χ3n) is 2.84. The molecule has 0 saturated carbocycles. The van der Waals surface area contributed by atoms with Gasteiger partial charge in [-0.25, -0.2) is 4.98 Å². The minimum Gasteiger partial charge on any atom is -0.361 e. The van der Waals surface area contributed by atoms with E-state index in [1.807, 2.05) is 34.6 Å². The molecule has 0 radical (unpaired) electrons. The predicted molar refractivity (Wildman–Crippen MR) is 68.2 cm³/mol. The minimum atomic E-state index is 0.937. The van der Waals surface area contributed by atoms with Gasteiger partial charge < -0.3 is 9.51 Å². The number of nitrogens with zero attached hydrogens (tertiary/aromatic N) is 2. The van der Waals surface area contributed by atoms with Gasteiger partial charge in [0.2, 0.25) is 0 Å². The van der Waals surface area contributed by atoms with E-state index in [-0.39, 0.29) is 0 Å². The minimum absolute atomic E-state index is 0.937. The topological polar surface area (TPSA) is 54.7 Å². The van der Waals surface area contributed by atoms with Crippen LogP contribution >= 0.6 is 0 Å². The number of aromatic amines is 1. The van der Waals surface area contributed by atoms with Crippen LogP contribution in [0.3, 0.4) is 0 Å². The molecule has 0 unspecified atom stereocenters. The number of hydrogen-bond donors (Lipinski definition) is 1. The first kappa shape index (κ1) is 13.5. The fourth-order valence-corrected chi connectivity index (χ4v) is 1.52. The smallest absolute Gasteiger partial charge is 0.136 e. The zero-order chi connectivity index (χ0) is 13.0. The van der Waals surface area contributed by atoms with E-state index in [0.717, 1.165) is 29.4 Å². The summed E-state index contributed by atoms with van der Waals surface area (Å²) in [5, 5.41) is 3.86. The molecule has 2 heterocycles. The van der Waals surface area contributed by atoms with Crippen LogP contribution in [-0.4, -0.2) is 15.1 Å². The van der Waals surface area contributed by atoms with Crippen LogP contribution in [0.5, 0.6) is 0 Å². The molecule has 1 N–H and O–H groups in total. The second kappa shape index (κ2) is 5.66. The first-order chi connectivity index (χ1) is 7.95. The Morgan fingerprint density at radius 3 is 1.94 bits per heavy atom. The Morgan fingerprint density at radius 1 is 1.12 bits per heavy atom. The Bertz CT molecular complexity index is 463. The van der Waals surface area contributed by atoms with Crippen LogP contribution in [0.1, 0.15) is 41.2 Å². The average molecular weight is 235 g/mol. The van der Waals surface area contributed by atoms with Crippen molar-refractivity contribution >= 4 is 0 Å². The standard InChI is InChI=1S/C7H11NO.C6H10N2/c1-4-7-5(2)6(3)9-8-7;1-4-5(2)8-6(3)7-4/h4H2,1-3H3;1-3H3,(H,7,8). The van der Waals surface area contributed by atoms with Crippen LogP contribution < -0.4 is 0 Å². The largest absolute Gasteiger partial charge is 0.361 e. The molecule has 4 nitrogen and oxygen atoms in total. The van der Waals surface area contributed by atoms with Gasteiger partial charge in [0, 0.05) is 11.3 Å². The molecule has 2 aromatic heterocycles. The van der Waals surface area contributed by atoms with E-state index < -0.39 is 0 Å². The van der Waals surface area contributed by atoms with E-state index in [0.29, 0.717) is 0 Å². The van der Waals surface area contributed by atoms with Gasteiger partial charge in [0.05, 0.1) is 11.4 Å². The molecule has 0 aliphatic rings. The number of hydrogen-bond acceptors (Lipinski definition) is 3. The Balaban J connectivity index is 0.000000171. The monoisotopic (exact) mass is 235 g/mol. The zero-order valence-electron chi connectivity index (χ0n) is 11.5. The quantitative estimate of drug-likeness (QED) is 0.825. The summed E-state index contributed by atoms with van der Waals surface area (Å²) >= 11 is 0. The third-order valence-corrected chi connectivity index (χ3v) is 2.84. The van der Waals surface area contributed by atoms with E-state index in [9.17, 15) is 0 Å². The van der Waals surface area contributed by atoms with E-state index in [1.54, 1.807) is 0 Å². The maximum absolute atomic E-state index is 4.94. The van der Waals surface area contributed by atoms with Crippen molar-refractivity contribution in [1.29, 1.82) is 0 Å². The van der Waals surface area contributed by atoms with Crippen molar-refractivity contribution in [2.24, 2.45) is 0 Å². The van der Waals surface area contributed by atoms with Crippen molar-refractivity contribution < 1.29 is 4.52 Å². The highest BCUT2D eigenvalue weighted by Crippen LogP contribution is 2.10.